The van der Waals surface area contributed by atoms with E-state index in [0.717, 1.165) is 53.2 Å². The van der Waals surface area contributed by atoms with Gasteiger partial charge in [0.05, 0.1) is 5.52 Å². The zero-order chi connectivity index (χ0) is 34.6. The second-order valence-corrected chi connectivity index (χ2v) is 14.1. The molecule has 5 aromatic rings. The van der Waals surface area contributed by atoms with E-state index >= 15 is 0 Å². The third-order valence-electron chi connectivity index (χ3n) is 10.3. The summed E-state index contributed by atoms with van der Waals surface area (Å²) >= 11 is 0. The van der Waals surface area contributed by atoms with Crippen LogP contribution in [-0.4, -0.2) is 58.7 Å². The number of carbonyl (C=O) groups is 3. The van der Waals surface area contributed by atoms with Gasteiger partial charge in [-0.2, -0.15) is 18.3 Å². The molecule has 49 heavy (non-hydrogen) atoms. The first-order valence-electron chi connectivity index (χ1n) is 16.4. The number of alkyl halides is 3. The fraction of sp³-hybridized carbons (Fsp3) is 0.389. The number of pyridine rings is 2. The normalized spacial score (nSPS) is 21.7. The largest absolute Gasteiger partial charge is 0.433 e. The maximum Gasteiger partial charge on any atom is 0.433 e. The van der Waals surface area contributed by atoms with Crippen LogP contribution in [-0.2, 0) is 22.3 Å². The van der Waals surface area contributed by atoms with Crippen molar-refractivity contribution < 1.29 is 27.6 Å². The SMILES string of the molecule is CC(=O)c1cn(CC(=O)N2[C@H](C(=O)Nc3nc(C(F)(F)F)ccc3C3CC3)C[C@@]3(C)C[C@@H]23)c2c(C)cc(-c3ccc4nc(C)nn4c3)cc12. The first-order chi connectivity index (χ1) is 23.2. The van der Waals surface area contributed by atoms with E-state index < -0.39 is 23.8 Å². The molecule has 1 saturated heterocycles. The van der Waals surface area contributed by atoms with Crippen molar-refractivity contribution in [3.05, 3.63) is 77.0 Å². The number of hydrogen-bond acceptors (Lipinski definition) is 6. The Morgan fingerprint density at radius 1 is 1.00 bits per heavy atom. The summed E-state index contributed by atoms with van der Waals surface area (Å²) in [6.45, 7) is 7.15. The molecule has 2 saturated carbocycles. The molecule has 10 nitrogen and oxygen atoms in total. The Morgan fingerprint density at radius 3 is 2.49 bits per heavy atom. The third kappa shape index (κ3) is 5.35. The van der Waals surface area contributed by atoms with Crippen molar-refractivity contribution in [2.24, 2.45) is 5.41 Å². The molecule has 2 aliphatic carbocycles. The zero-order valence-electron chi connectivity index (χ0n) is 27.4. The number of piperidine rings is 1. The van der Waals surface area contributed by atoms with Crippen LogP contribution in [0, 0.1) is 19.3 Å². The summed E-state index contributed by atoms with van der Waals surface area (Å²) in [5, 5.41) is 7.81. The summed E-state index contributed by atoms with van der Waals surface area (Å²) in [5.74, 6) is -0.376. The molecule has 3 atom stereocenters. The van der Waals surface area contributed by atoms with Gasteiger partial charge in [-0.05, 0) is 105 Å². The van der Waals surface area contributed by atoms with Gasteiger partial charge in [0.15, 0.2) is 11.4 Å². The van der Waals surface area contributed by atoms with Crippen molar-refractivity contribution in [3.8, 4) is 11.1 Å². The quantitative estimate of drug-likeness (QED) is 0.199. The number of likely N-dealkylation sites (tertiary alicyclic amines) is 1. The number of anilines is 1. The van der Waals surface area contributed by atoms with Gasteiger partial charge in [0.1, 0.15) is 29.9 Å². The van der Waals surface area contributed by atoms with Gasteiger partial charge < -0.3 is 14.8 Å². The van der Waals surface area contributed by atoms with E-state index in [1.54, 1.807) is 20.2 Å². The van der Waals surface area contributed by atoms with Crippen molar-refractivity contribution in [1.82, 2.24) is 29.0 Å². The molecule has 4 aromatic heterocycles. The van der Waals surface area contributed by atoms with Crippen LogP contribution in [0.4, 0.5) is 19.0 Å². The number of Topliss-reactive ketones (excluding diaryl/α,β-unsaturated/α-hetero) is 1. The molecule has 0 spiro atoms. The highest BCUT2D eigenvalue weighted by atomic mass is 19.4. The van der Waals surface area contributed by atoms with Crippen molar-refractivity contribution in [1.29, 1.82) is 0 Å². The number of carbonyl (C=O) groups excluding carboxylic acids is 3. The van der Waals surface area contributed by atoms with E-state index in [4.69, 9.17) is 0 Å². The Hall–Kier alpha value is -5.07. The first-order valence-corrected chi connectivity index (χ1v) is 16.4. The van der Waals surface area contributed by atoms with E-state index in [0.29, 0.717) is 28.8 Å². The van der Waals surface area contributed by atoms with E-state index in [2.05, 4.69) is 20.4 Å². The van der Waals surface area contributed by atoms with Gasteiger partial charge >= 0.3 is 6.18 Å². The van der Waals surface area contributed by atoms with Gasteiger partial charge in [0, 0.05) is 34.9 Å². The minimum Gasteiger partial charge on any atom is -0.337 e. The zero-order valence-corrected chi connectivity index (χ0v) is 27.4. The number of nitrogens with one attached hydrogen (secondary N) is 1. The lowest BCUT2D eigenvalue weighted by atomic mass is 9.99. The Morgan fingerprint density at radius 2 is 1.78 bits per heavy atom. The van der Waals surface area contributed by atoms with Crippen LogP contribution in [0.5, 0.6) is 0 Å². The Labute approximate surface area is 279 Å². The number of benzene rings is 1. The van der Waals surface area contributed by atoms with Gasteiger partial charge in [-0.15, -0.1) is 0 Å². The summed E-state index contributed by atoms with van der Waals surface area (Å²) in [5.41, 5.74) is 3.81. The Balaban J connectivity index is 1.10. The lowest BCUT2D eigenvalue weighted by Crippen LogP contribution is -2.46. The summed E-state index contributed by atoms with van der Waals surface area (Å²) in [6.07, 6.45) is 1.68. The van der Waals surface area contributed by atoms with Crippen LogP contribution in [0.25, 0.3) is 27.7 Å². The van der Waals surface area contributed by atoms with Crippen LogP contribution in [0.15, 0.2) is 48.8 Å². The summed E-state index contributed by atoms with van der Waals surface area (Å²) in [4.78, 5) is 50.6. The van der Waals surface area contributed by atoms with E-state index in [9.17, 15) is 27.6 Å². The topological polar surface area (TPSA) is 114 Å². The first kappa shape index (κ1) is 31.2. The predicted octanol–water partition coefficient (Wildman–Crippen LogP) is 6.48. The molecule has 13 heteroatoms. The number of aryl methyl sites for hydroxylation is 2. The number of aromatic nitrogens is 5. The smallest absolute Gasteiger partial charge is 0.337 e. The predicted molar refractivity (Wildman–Crippen MR) is 175 cm³/mol. The second kappa shape index (κ2) is 10.7. The molecule has 8 rings (SSSR count). The standard InChI is InChI=1S/C36H34F3N7O3/c1-18-11-23(22-7-10-30-40-20(3)43-45(30)15-22)12-25-26(19(2)47)16-44(32(18)25)17-31(48)46-27(13-35(4)14-29(35)46)34(49)42-33-24(21-5-6-21)8-9-28(41-33)36(37,38)39/h7-12,15-16,21,27,29H,5-6,13-14,17H2,1-4H3,(H,41,42,49)/t27-,29+,35-/m0/s1. The van der Waals surface area contributed by atoms with Gasteiger partial charge in [0.25, 0.3) is 0 Å². The van der Waals surface area contributed by atoms with Crippen LogP contribution < -0.4 is 5.32 Å². The Kier molecular flexibility index (Phi) is 6.83. The number of nitrogens with zero attached hydrogens (tertiary/aromatic N) is 6. The lowest BCUT2D eigenvalue weighted by molar-refractivity contribution is -0.141. The molecule has 5 heterocycles. The number of fused-ring (bicyclic) bond motifs is 3. The average Bonchev–Trinajstić information content (AvgIpc) is 3.87. The fourth-order valence-corrected chi connectivity index (χ4v) is 7.63. The highest BCUT2D eigenvalue weighted by Gasteiger charge is 2.64. The van der Waals surface area contributed by atoms with Gasteiger partial charge in [-0.25, -0.2) is 14.5 Å². The average molecular weight is 670 g/mol. The maximum atomic E-state index is 14.1. The summed E-state index contributed by atoms with van der Waals surface area (Å²) in [6, 6.07) is 9.09. The number of rotatable bonds is 7. The van der Waals surface area contributed by atoms with Crippen molar-refractivity contribution in [2.75, 3.05) is 5.32 Å². The molecule has 0 radical (unpaired) electrons. The van der Waals surface area contributed by atoms with Gasteiger partial charge in [-0.1, -0.05) is 13.0 Å². The second-order valence-electron chi connectivity index (χ2n) is 14.1. The van der Waals surface area contributed by atoms with Crippen LogP contribution >= 0.6 is 0 Å². The number of halogens is 3. The highest BCUT2D eigenvalue weighted by Crippen LogP contribution is 2.59. The van der Waals surface area contributed by atoms with Gasteiger partial charge in [-0.3, -0.25) is 14.4 Å². The van der Waals surface area contributed by atoms with E-state index in [1.165, 1.54) is 13.0 Å². The molecule has 1 N–H and O–H groups in total. The molecule has 0 bridgehead atoms. The number of amides is 2. The van der Waals surface area contributed by atoms with E-state index in [1.807, 2.05) is 51.2 Å². The summed E-state index contributed by atoms with van der Waals surface area (Å²) < 4.78 is 44.1. The lowest BCUT2D eigenvalue weighted by Gasteiger charge is -2.27. The maximum absolute atomic E-state index is 14.1. The van der Waals surface area contributed by atoms with Gasteiger partial charge in [0.2, 0.25) is 11.8 Å². The molecular weight excluding hydrogens is 635 g/mol. The minimum atomic E-state index is -4.66. The van der Waals surface area contributed by atoms with Crippen LogP contribution in [0.2, 0.25) is 0 Å². The molecule has 2 amide bonds. The van der Waals surface area contributed by atoms with Crippen LogP contribution in [0.3, 0.4) is 0 Å². The minimum absolute atomic E-state index is 0.0493. The monoisotopic (exact) mass is 669 g/mol. The number of ketones is 1. The molecular formula is C36H34F3N7O3. The van der Waals surface area contributed by atoms with E-state index in [-0.39, 0.29) is 41.4 Å². The summed E-state index contributed by atoms with van der Waals surface area (Å²) in [7, 11) is 0. The van der Waals surface area contributed by atoms with Crippen molar-refractivity contribution in [2.45, 2.75) is 84.1 Å². The van der Waals surface area contributed by atoms with Crippen molar-refractivity contribution >= 4 is 40.0 Å². The fourth-order valence-electron chi connectivity index (χ4n) is 7.63. The molecule has 1 aliphatic heterocycles. The van der Waals surface area contributed by atoms with Crippen molar-refractivity contribution in [3.63, 3.8) is 0 Å². The molecule has 1 aromatic carbocycles. The van der Waals surface area contributed by atoms with Crippen LogP contribution in [0.1, 0.15) is 78.5 Å². The highest BCUT2D eigenvalue weighted by molar-refractivity contribution is 6.09. The Bertz CT molecular complexity index is 2230. The molecule has 0 unspecified atom stereocenters. The third-order valence-corrected chi connectivity index (χ3v) is 10.3. The molecule has 252 valence electrons. The molecule has 3 aliphatic rings. The molecule has 3 fully saturated rings. The number of hydrogen-bond donors (Lipinski definition) is 1.